The first-order valence-corrected chi connectivity index (χ1v) is 10.8. The molecule has 1 aliphatic heterocycles. The van der Waals surface area contributed by atoms with Gasteiger partial charge >= 0.3 is 0 Å². The van der Waals surface area contributed by atoms with Crippen molar-refractivity contribution in [3.63, 3.8) is 0 Å². The SMILES string of the molecule is CC(C)C(C#N)(CCN1CCN(CCOc2ccc(F)cc2)CC1)c1ccccc1. The van der Waals surface area contributed by atoms with Crippen molar-refractivity contribution in [1.82, 2.24) is 9.80 Å². The van der Waals surface area contributed by atoms with Gasteiger partial charge in [0, 0.05) is 39.3 Å². The van der Waals surface area contributed by atoms with Crippen LogP contribution in [0.1, 0.15) is 25.8 Å². The maximum absolute atomic E-state index is 12.9. The fourth-order valence-electron chi connectivity index (χ4n) is 4.15. The second kappa shape index (κ2) is 10.6. The quantitative estimate of drug-likeness (QED) is 0.618. The van der Waals surface area contributed by atoms with Crippen molar-refractivity contribution in [3.05, 3.63) is 66.0 Å². The molecule has 30 heavy (non-hydrogen) atoms. The summed E-state index contributed by atoms with van der Waals surface area (Å²) in [6.45, 7) is 10.7. The highest BCUT2D eigenvalue weighted by molar-refractivity contribution is 5.33. The average Bonchev–Trinajstić information content (AvgIpc) is 2.77. The van der Waals surface area contributed by atoms with Crippen LogP contribution in [0.4, 0.5) is 4.39 Å². The molecule has 1 unspecified atom stereocenters. The van der Waals surface area contributed by atoms with Crippen LogP contribution in [0.3, 0.4) is 0 Å². The number of ether oxygens (including phenoxy) is 1. The molecule has 160 valence electrons. The van der Waals surface area contributed by atoms with Gasteiger partial charge in [-0.3, -0.25) is 4.90 Å². The van der Waals surface area contributed by atoms with E-state index >= 15 is 0 Å². The van der Waals surface area contributed by atoms with Gasteiger partial charge in [-0.05, 0) is 42.2 Å². The molecule has 1 atom stereocenters. The molecule has 1 saturated heterocycles. The third-order valence-corrected chi connectivity index (χ3v) is 6.25. The van der Waals surface area contributed by atoms with E-state index in [-0.39, 0.29) is 11.7 Å². The molecular formula is C25H32FN3O. The fraction of sp³-hybridized carbons (Fsp3) is 0.480. The number of hydrogen-bond donors (Lipinski definition) is 0. The van der Waals surface area contributed by atoms with E-state index in [0.29, 0.717) is 12.4 Å². The highest BCUT2D eigenvalue weighted by Gasteiger charge is 2.36. The number of nitrogens with zero attached hydrogens (tertiary/aromatic N) is 3. The Bertz CT molecular complexity index is 811. The molecule has 1 heterocycles. The van der Waals surface area contributed by atoms with E-state index < -0.39 is 5.41 Å². The van der Waals surface area contributed by atoms with Gasteiger partial charge in [0.25, 0.3) is 0 Å². The van der Waals surface area contributed by atoms with Crippen LogP contribution in [0.15, 0.2) is 54.6 Å². The van der Waals surface area contributed by atoms with E-state index in [0.717, 1.165) is 51.3 Å². The smallest absolute Gasteiger partial charge is 0.123 e. The molecule has 3 rings (SSSR count). The third kappa shape index (κ3) is 5.59. The summed E-state index contributed by atoms with van der Waals surface area (Å²) in [4.78, 5) is 4.87. The summed E-state index contributed by atoms with van der Waals surface area (Å²) >= 11 is 0. The Morgan fingerprint density at radius 1 is 0.967 bits per heavy atom. The molecule has 5 heteroatoms. The number of benzene rings is 2. The van der Waals surface area contributed by atoms with Crippen molar-refractivity contribution in [2.24, 2.45) is 5.92 Å². The van der Waals surface area contributed by atoms with Crippen LogP contribution < -0.4 is 4.74 Å². The zero-order chi connectivity index (χ0) is 21.4. The molecule has 2 aromatic carbocycles. The van der Waals surface area contributed by atoms with Crippen molar-refractivity contribution in [2.45, 2.75) is 25.7 Å². The minimum absolute atomic E-state index is 0.247. The molecule has 2 aromatic rings. The topological polar surface area (TPSA) is 39.5 Å². The van der Waals surface area contributed by atoms with Gasteiger partial charge < -0.3 is 9.64 Å². The molecule has 0 N–H and O–H groups in total. The summed E-state index contributed by atoms with van der Waals surface area (Å²) in [5, 5.41) is 10.1. The van der Waals surface area contributed by atoms with Crippen LogP contribution in [0.2, 0.25) is 0 Å². The van der Waals surface area contributed by atoms with Gasteiger partial charge in [-0.15, -0.1) is 0 Å². The Kier molecular flexibility index (Phi) is 7.84. The molecule has 0 radical (unpaired) electrons. The molecule has 0 aliphatic carbocycles. The number of hydrogen-bond acceptors (Lipinski definition) is 4. The summed E-state index contributed by atoms with van der Waals surface area (Å²) in [6.07, 6.45) is 0.846. The minimum atomic E-state index is -0.443. The fourth-order valence-corrected chi connectivity index (χ4v) is 4.15. The Hall–Kier alpha value is -2.42. The largest absolute Gasteiger partial charge is 0.492 e. The second-order valence-corrected chi connectivity index (χ2v) is 8.34. The summed E-state index contributed by atoms with van der Waals surface area (Å²) in [5.74, 6) is 0.718. The lowest BCUT2D eigenvalue weighted by molar-refractivity contribution is 0.110. The molecular weight excluding hydrogens is 377 g/mol. The Morgan fingerprint density at radius 3 is 2.13 bits per heavy atom. The Balaban J connectivity index is 1.44. The standard InChI is InChI=1S/C25H32FN3O/c1-21(2)25(20-27,22-6-4-3-5-7-22)12-13-28-14-16-29(17-15-28)18-19-30-24-10-8-23(26)9-11-24/h3-11,21H,12-19H2,1-2H3. The number of rotatable bonds is 9. The number of halogens is 1. The zero-order valence-electron chi connectivity index (χ0n) is 18.1. The normalized spacial score (nSPS) is 17.4. The van der Waals surface area contributed by atoms with Crippen molar-refractivity contribution < 1.29 is 9.13 Å². The third-order valence-electron chi connectivity index (χ3n) is 6.25. The summed E-state index contributed by atoms with van der Waals surface area (Å²) < 4.78 is 18.7. The second-order valence-electron chi connectivity index (χ2n) is 8.34. The minimum Gasteiger partial charge on any atom is -0.492 e. The number of nitriles is 1. The first kappa shape index (κ1) is 22.3. The van der Waals surface area contributed by atoms with Crippen molar-refractivity contribution in [1.29, 1.82) is 5.26 Å². The highest BCUT2D eigenvalue weighted by atomic mass is 19.1. The predicted molar refractivity (Wildman–Crippen MR) is 118 cm³/mol. The monoisotopic (exact) mass is 409 g/mol. The van der Waals surface area contributed by atoms with Crippen LogP contribution in [0.5, 0.6) is 5.75 Å². The molecule has 1 fully saturated rings. The predicted octanol–water partition coefficient (Wildman–Crippen LogP) is 4.33. The van der Waals surface area contributed by atoms with Gasteiger partial charge in [0.05, 0.1) is 11.5 Å². The lowest BCUT2D eigenvalue weighted by Crippen LogP contribution is -2.48. The Labute approximate surface area is 179 Å². The maximum atomic E-state index is 12.9. The first-order chi connectivity index (χ1) is 14.5. The molecule has 0 aromatic heterocycles. The van der Waals surface area contributed by atoms with Gasteiger partial charge in [0.1, 0.15) is 18.2 Å². The summed E-state index contributed by atoms with van der Waals surface area (Å²) in [5.41, 5.74) is 0.681. The van der Waals surface area contributed by atoms with Gasteiger partial charge in [-0.1, -0.05) is 44.2 Å². The molecule has 0 spiro atoms. The van der Waals surface area contributed by atoms with Crippen LogP contribution >= 0.6 is 0 Å². The average molecular weight is 410 g/mol. The maximum Gasteiger partial charge on any atom is 0.123 e. The van der Waals surface area contributed by atoms with Gasteiger partial charge in [0.2, 0.25) is 0 Å². The number of piperazine rings is 1. The molecule has 1 aliphatic rings. The zero-order valence-corrected chi connectivity index (χ0v) is 18.1. The van der Waals surface area contributed by atoms with E-state index in [1.165, 1.54) is 12.1 Å². The first-order valence-electron chi connectivity index (χ1n) is 10.8. The lowest BCUT2D eigenvalue weighted by atomic mass is 9.70. The molecule has 0 saturated carbocycles. The van der Waals surface area contributed by atoms with Crippen LogP contribution in [-0.4, -0.2) is 55.7 Å². The van der Waals surface area contributed by atoms with Crippen LogP contribution in [-0.2, 0) is 5.41 Å². The Morgan fingerprint density at radius 2 is 1.57 bits per heavy atom. The summed E-state index contributed by atoms with van der Waals surface area (Å²) in [6, 6.07) is 19.0. The summed E-state index contributed by atoms with van der Waals surface area (Å²) in [7, 11) is 0. The van der Waals surface area contributed by atoms with E-state index in [1.54, 1.807) is 12.1 Å². The molecule has 0 bridgehead atoms. The van der Waals surface area contributed by atoms with Gasteiger partial charge in [-0.2, -0.15) is 5.26 Å². The van der Waals surface area contributed by atoms with E-state index in [2.05, 4.69) is 41.8 Å². The van der Waals surface area contributed by atoms with E-state index in [1.807, 2.05) is 18.2 Å². The van der Waals surface area contributed by atoms with Crippen LogP contribution in [0, 0.1) is 23.1 Å². The van der Waals surface area contributed by atoms with Gasteiger partial charge in [-0.25, -0.2) is 4.39 Å². The van der Waals surface area contributed by atoms with Crippen molar-refractivity contribution in [3.8, 4) is 11.8 Å². The van der Waals surface area contributed by atoms with Crippen LogP contribution in [0.25, 0.3) is 0 Å². The highest BCUT2D eigenvalue weighted by Crippen LogP contribution is 2.35. The van der Waals surface area contributed by atoms with Crippen molar-refractivity contribution in [2.75, 3.05) is 45.9 Å². The lowest BCUT2D eigenvalue weighted by Gasteiger charge is -2.38. The molecule has 0 amide bonds. The molecule has 4 nitrogen and oxygen atoms in total. The van der Waals surface area contributed by atoms with Crippen molar-refractivity contribution >= 4 is 0 Å². The van der Waals surface area contributed by atoms with E-state index in [9.17, 15) is 9.65 Å². The van der Waals surface area contributed by atoms with Gasteiger partial charge in [0.15, 0.2) is 0 Å². The van der Waals surface area contributed by atoms with E-state index in [4.69, 9.17) is 4.74 Å².